The zero-order valence-electron chi connectivity index (χ0n) is 16.0. The predicted octanol–water partition coefficient (Wildman–Crippen LogP) is 5.64. The Labute approximate surface area is 164 Å². The molecule has 0 radical (unpaired) electrons. The molecule has 1 saturated carbocycles. The van der Waals surface area contributed by atoms with E-state index in [0.717, 1.165) is 12.8 Å². The number of benzene rings is 1. The quantitative estimate of drug-likeness (QED) is 0.318. The van der Waals surface area contributed by atoms with Crippen LogP contribution in [-0.4, -0.2) is 23.8 Å². The van der Waals surface area contributed by atoms with E-state index in [1.807, 2.05) is 0 Å². The number of hydrogen-bond donors (Lipinski definition) is 1. The fourth-order valence-corrected chi connectivity index (χ4v) is 2.98. The molecule has 0 aromatic heterocycles. The zero-order chi connectivity index (χ0) is 20.5. The van der Waals surface area contributed by atoms with Gasteiger partial charge in [-0.25, -0.2) is 8.78 Å². The van der Waals surface area contributed by atoms with E-state index in [4.69, 9.17) is 14.6 Å². The molecule has 1 N–H and O–H groups in total. The third kappa shape index (κ3) is 6.83. The van der Waals surface area contributed by atoms with Crippen LogP contribution in [0.3, 0.4) is 0 Å². The molecule has 4 nitrogen and oxygen atoms in total. The summed E-state index contributed by atoms with van der Waals surface area (Å²) in [6.45, 7) is 5.54. The number of allylic oxidation sites excluding steroid dienone is 4. The van der Waals surface area contributed by atoms with Gasteiger partial charge in [-0.2, -0.15) is 0 Å². The van der Waals surface area contributed by atoms with Crippen LogP contribution in [0.2, 0.25) is 0 Å². The number of halogens is 2. The number of hydrogen-bond acceptors (Lipinski definition) is 3. The highest BCUT2D eigenvalue weighted by Crippen LogP contribution is 2.27. The maximum absolute atomic E-state index is 14.2. The molecule has 6 heteroatoms. The summed E-state index contributed by atoms with van der Waals surface area (Å²) in [7, 11) is 0. The van der Waals surface area contributed by atoms with Gasteiger partial charge in [0.05, 0.1) is 12.7 Å². The van der Waals surface area contributed by atoms with Gasteiger partial charge in [0.15, 0.2) is 17.4 Å². The minimum Gasteiger partial charge on any atom is -0.491 e. The highest BCUT2D eigenvalue weighted by Gasteiger charge is 2.16. The Morgan fingerprint density at radius 1 is 1.29 bits per heavy atom. The highest BCUT2D eigenvalue weighted by atomic mass is 19.1. The average molecular weight is 392 g/mol. The van der Waals surface area contributed by atoms with Crippen molar-refractivity contribution in [2.45, 2.75) is 51.6 Å². The van der Waals surface area contributed by atoms with Gasteiger partial charge in [-0.3, -0.25) is 4.79 Å². The highest BCUT2D eigenvalue weighted by molar-refractivity contribution is 5.67. The van der Waals surface area contributed by atoms with Gasteiger partial charge in [0.25, 0.3) is 0 Å². The first-order valence-corrected chi connectivity index (χ1v) is 9.41. The molecular weight excluding hydrogens is 366 g/mol. The molecule has 2 rings (SSSR count). The molecule has 0 amide bonds. The van der Waals surface area contributed by atoms with Gasteiger partial charge in [-0.1, -0.05) is 18.7 Å². The lowest BCUT2D eigenvalue weighted by Gasteiger charge is -2.12. The number of aliphatic carboxylic acids is 1. The van der Waals surface area contributed by atoms with E-state index in [0.29, 0.717) is 16.9 Å². The summed E-state index contributed by atoms with van der Waals surface area (Å²) < 4.78 is 39.1. The molecule has 1 aromatic rings. The summed E-state index contributed by atoms with van der Waals surface area (Å²) >= 11 is 0. The molecule has 0 aliphatic heterocycles. The summed E-state index contributed by atoms with van der Waals surface area (Å²) in [5.74, 6) is -2.55. The largest absolute Gasteiger partial charge is 0.491 e. The minimum atomic E-state index is -0.981. The second kappa shape index (κ2) is 10.6. The lowest BCUT2D eigenvalue weighted by Crippen LogP contribution is -2.05. The molecule has 152 valence electrons. The summed E-state index contributed by atoms with van der Waals surface area (Å²) in [4.78, 5) is 10.4. The topological polar surface area (TPSA) is 55.8 Å². The van der Waals surface area contributed by atoms with Crippen LogP contribution >= 0.6 is 0 Å². The molecule has 1 aliphatic carbocycles. The predicted molar refractivity (Wildman–Crippen MR) is 104 cm³/mol. The maximum Gasteiger partial charge on any atom is 0.303 e. The molecule has 0 atom stereocenters. The van der Waals surface area contributed by atoms with Crippen molar-refractivity contribution in [3.8, 4) is 5.75 Å². The first kappa shape index (κ1) is 21.7. The van der Waals surface area contributed by atoms with E-state index >= 15 is 0 Å². The molecule has 0 saturated heterocycles. The Morgan fingerprint density at radius 2 is 1.93 bits per heavy atom. The van der Waals surface area contributed by atoms with Crippen molar-refractivity contribution in [3.63, 3.8) is 0 Å². The molecule has 1 fully saturated rings. The summed E-state index contributed by atoms with van der Waals surface area (Å²) in [5.41, 5.74) is 1.06. The first-order valence-electron chi connectivity index (χ1n) is 9.41. The third-order valence-corrected chi connectivity index (χ3v) is 4.48. The van der Waals surface area contributed by atoms with E-state index in [-0.39, 0.29) is 25.6 Å². The SMILES string of the molecule is C=C(/C=C\C=C(/C)c1cc(F)c(OCCCC(=O)O)c(F)c1)OC1CCCC1. The van der Waals surface area contributed by atoms with Gasteiger partial charge in [-0.05, 0) is 68.4 Å². The van der Waals surface area contributed by atoms with Gasteiger partial charge in [0, 0.05) is 6.42 Å². The van der Waals surface area contributed by atoms with Crippen LogP contribution in [0.1, 0.15) is 51.0 Å². The van der Waals surface area contributed by atoms with Crippen molar-refractivity contribution >= 4 is 11.5 Å². The van der Waals surface area contributed by atoms with E-state index in [1.54, 1.807) is 25.2 Å². The fourth-order valence-electron chi connectivity index (χ4n) is 2.98. The Morgan fingerprint density at radius 3 is 2.54 bits per heavy atom. The monoisotopic (exact) mass is 392 g/mol. The maximum atomic E-state index is 14.2. The molecule has 0 unspecified atom stereocenters. The molecule has 0 heterocycles. The Bertz CT molecular complexity index is 739. The van der Waals surface area contributed by atoms with Gasteiger partial charge in [-0.15, -0.1) is 0 Å². The number of carbonyl (C=O) groups is 1. The average Bonchev–Trinajstić information content (AvgIpc) is 3.12. The van der Waals surface area contributed by atoms with Crippen LogP contribution in [0.5, 0.6) is 5.75 Å². The normalized spacial score (nSPS) is 15.2. The van der Waals surface area contributed by atoms with Crippen LogP contribution < -0.4 is 4.74 Å². The Hall–Kier alpha value is -2.63. The van der Waals surface area contributed by atoms with Crippen LogP contribution in [0.25, 0.3) is 5.57 Å². The van der Waals surface area contributed by atoms with Crippen molar-refractivity contribution in [2.24, 2.45) is 0 Å². The Kier molecular flexibility index (Phi) is 8.23. The Balaban J connectivity index is 1.95. The third-order valence-electron chi connectivity index (χ3n) is 4.48. The van der Waals surface area contributed by atoms with E-state index < -0.39 is 23.4 Å². The van der Waals surface area contributed by atoms with Gasteiger partial charge >= 0.3 is 5.97 Å². The molecule has 0 bridgehead atoms. The minimum absolute atomic E-state index is 0.0693. The smallest absolute Gasteiger partial charge is 0.303 e. The summed E-state index contributed by atoms with van der Waals surface area (Å²) in [6.07, 6.45) is 9.92. The first-order chi connectivity index (χ1) is 13.4. The molecule has 1 aromatic carbocycles. The number of carboxylic acid groups (broad SMARTS) is 1. The number of rotatable bonds is 10. The second-order valence-electron chi connectivity index (χ2n) is 6.81. The molecule has 28 heavy (non-hydrogen) atoms. The van der Waals surface area contributed by atoms with E-state index in [1.165, 1.54) is 25.0 Å². The van der Waals surface area contributed by atoms with Crippen molar-refractivity contribution in [1.29, 1.82) is 0 Å². The van der Waals surface area contributed by atoms with Crippen LogP contribution in [-0.2, 0) is 9.53 Å². The second-order valence-corrected chi connectivity index (χ2v) is 6.81. The van der Waals surface area contributed by atoms with Crippen LogP contribution in [0.15, 0.2) is 42.7 Å². The van der Waals surface area contributed by atoms with E-state index in [2.05, 4.69) is 6.58 Å². The summed E-state index contributed by atoms with van der Waals surface area (Å²) in [6, 6.07) is 2.39. The lowest BCUT2D eigenvalue weighted by atomic mass is 10.1. The zero-order valence-corrected chi connectivity index (χ0v) is 16.0. The molecule has 1 aliphatic rings. The van der Waals surface area contributed by atoms with Crippen molar-refractivity contribution in [2.75, 3.05) is 6.61 Å². The van der Waals surface area contributed by atoms with Crippen LogP contribution in [0.4, 0.5) is 8.78 Å². The molecule has 0 spiro atoms. The van der Waals surface area contributed by atoms with Gasteiger partial charge in [0.2, 0.25) is 0 Å². The standard InChI is InChI=1S/C22H26F2O4/c1-15(7-5-8-16(2)28-18-9-3-4-10-18)17-13-19(23)22(20(24)14-17)27-12-6-11-21(25)26/h5,7-8,13-14,18H,2-4,6,9-12H2,1H3,(H,25,26)/b8-5-,15-7+. The summed E-state index contributed by atoms with van der Waals surface area (Å²) in [5, 5.41) is 8.56. The van der Waals surface area contributed by atoms with Crippen LogP contribution in [0, 0.1) is 11.6 Å². The van der Waals surface area contributed by atoms with E-state index in [9.17, 15) is 13.6 Å². The number of carboxylic acids is 1. The number of ether oxygens (including phenoxy) is 2. The lowest BCUT2D eigenvalue weighted by molar-refractivity contribution is -0.137. The molecular formula is C22H26F2O4. The van der Waals surface area contributed by atoms with Gasteiger partial charge in [0.1, 0.15) is 5.76 Å². The van der Waals surface area contributed by atoms with Crippen molar-refractivity contribution < 1.29 is 28.2 Å². The fraction of sp³-hybridized carbons (Fsp3) is 0.409. The van der Waals surface area contributed by atoms with Gasteiger partial charge < -0.3 is 14.6 Å². The van der Waals surface area contributed by atoms with Crippen molar-refractivity contribution in [3.05, 3.63) is 59.9 Å². The van der Waals surface area contributed by atoms with Crippen molar-refractivity contribution in [1.82, 2.24) is 0 Å².